The smallest absolute Gasteiger partial charge is 0.788 e. The van der Waals surface area contributed by atoms with Crippen LogP contribution in [0.4, 0.5) is 4.39 Å². The van der Waals surface area contributed by atoms with E-state index in [1.807, 2.05) is 0 Å². The molecule has 0 aliphatic rings. The van der Waals surface area contributed by atoms with Gasteiger partial charge >= 0.3 is 18.9 Å². The maximum Gasteiger partial charge on any atom is 1.00 e. The molecule has 0 aliphatic heterocycles. The standard InChI is InChI=1S/C7H7FS.Li/c8-7-4-2-1-3-6(7)5-9;/h1-4,9H,5H2;/q;+1/p-1. The molecular weight excluding hydrogens is 142 g/mol. The predicted octanol–water partition coefficient (Wildman–Crippen LogP) is -1.12. The molecule has 0 heterocycles. The molecule has 0 aromatic heterocycles. The van der Waals surface area contributed by atoms with E-state index in [0.717, 1.165) is 0 Å². The van der Waals surface area contributed by atoms with Gasteiger partial charge in [0.25, 0.3) is 0 Å². The second-order valence-electron chi connectivity index (χ2n) is 1.74. The molecule has 0 amide bonds. The van der Waals surface area contributed by atoms with Gasteiger partial charge in [-0.2, -0.15) is 0 Å². The summed E-state index contributed by atoms with van der Waals surface area (Å²) in [6, 6.07) is 6.55. The fourth-order valence-electron chi connectivity index (χ4n) is 0.615. The quantitative estimate of drug-likeness (QED) is 0.359. The summed E-state index contributed by atoms with van der Waals surface area (Å²) in [5, 5.41) is 0. The second-order valence-corrected chi connectivity index (χ2v) is 2.02. The number of benzene rings is 1. The number of halogens is 1. The summed E-state index contributed by atoms with van der Waals surface area (Å²) in [5.74, 6) is 0.152. The molecule has 0 aliphatic carbocycles. The molecule has 0 saturated heterocycles. The minimum Gasteiger partial charge on any atom is -0.788 e. The van der Waals surface area contributed by atoms with Crippen LogP contribution in [-0.4, -0.2) is 0 Å². The molecule has 0 bridgehead atoms. The first kappa shape index (κ1) is 10.1. The van der Waals surface area contributed by atoms with E-state index in [0.29, 0.717) is 11.3 Å². The maximum absolute atomic E-state index is 12.5. The number of hydrogen-bond acceptors (Lipinski definition) is 1. The Labute approximate surface area is 77.4 Å². The third kappa shape index (κ3) is 2.38. The molecule has 1 aromatic carbocycles. The van der Waals surface area contributed by atoms with Gasteiger partial charge < -0.3 is 12.6 Å². The average molecular weight is 148 g/mol. The molecule has 0 nitrogen and oxygen atoms in total. The second kappa shape index (κ2) is 4.84. The van der Waals surface area contributed by atoms with E-state index in [1.165, 1.54) is 6.07 Å². The molecule has 0 radical (unpaired) electrons. The van der Waals surface area contributed by atoms with Crippen molar-refractivity contribution in [2.45, 2.75) is 5.75 Å². The van der Waals surface area contributed by atoms with Gasteiger partial charge in [-0.05, 0) is 11.6 Å². The van der Waals surface area contributed by atoms with Crippen LogP contribution in [0.1, 0.15) is 5.56 Å². The first-order valence-corrected chi connectivity index (χ1v) is 3.24. The maximum atomic E-state index is 12.5. The van der Waals surface area contributed by atoms with Gasteiger partial charge in [-0.3, -0.25) is 0 Å². The van der Waals surface area contributed by atoms with Crippen LogP contribution in [-0.2, 0) is 18.4 Å². The molecule has 1 aromatic rings. The van der Waals surface area contributed by atoms with Gasteiger partial charge in [0.1, 0.15) is 5.82 Å². The van der Waals surface area contributed by atoms with Crippen LogP contribution in [0.25, 0.3) is 0 Å². The molecule has 10 heavy (non-hydrogen) atoms. The largest absolute Gasteiger partial charge is 1.00 e. The normalized spacial score (nSPS) is 8.60. The first-order valence-electron chi connectivity index (χ1n) is 2.66. The Morgan fingerprint density at radius 2 is 1.90 bits per heavy atom. The van der Waals surface area contributed by atoms with Crippen molar-refractivity contribution >= 4 is 12.6 Å². The Kier molecular flexibility index (Phi) is 4.89. The molecule has 0 saturated carbocycles. The molecule has 1 rings (SSSR count). The van der Waals surface area contributed by atoms with Crippen molar-refractivity contribution in [2.75, 3.05) is 0 Å². The number of rotatable bonds is 1. The summed E-state index contributed by atoms with van der Waals surface area (Å²) in [6.45, 7) is 0. The van der Waals surface area contributed by atoms with Crippen LogP contribution in [0.5, 0.6) is 0 Å². The van der Waals surface area contributed by atoms with E-state index in [2.05, 4.69) is 12.6 Å². The Balaban J connectivity index is 0.000000810. The summed E-state index contributed by atoms with van der Waals surface area (Å²) in [4.78, 5) is 0. The van der Waals surface area contributed by atoms with E-state index in [9.17, 15) is 4.39 Å². The van der Waals surface area contributed by atoms with Crippen molar-refractivity contribution in [1.82, 2.24) is 0 Å². The van der Waals surface area contributed by atoms with Crippen molar-refractivity contribution in [1.29, 1.82) is 0 Å². The van der Waals surface area contributed by atoms with Crippen LogP contribution in [0, 0.1) is 5.82 Å². The molecular formula is C7H6FLiS. The van der Waals surface area contributed by atoms with Crippen molar-refractivity contribution in [3.8, 4) is 0 Å². The summed E-state index contributed by atoms with van der Waals surface area (Å²) in [5.41, 5.74) is 0.604. The predicted molar refractivity (Wildman–Crippen MR) is 37.5 cm³/mol. The molecule has 0 spiro atoms. The summed E-state index contributed by atoms with van der Waals surface area (Å²) in [7, 11) is 0. The zero-order valence-electron chi connectivity index (χ0n) is 5.80. The van der Waals surface area contributed by atoms with E-state index >= 15 is 0 Å². The summed E-state index contributed by atoms with van der Waals surface area (Å²) < 4.78 is 12.5. The van der Waals surface area contributed by atoms with Crippen molar-refractivity contribution < 1.29 is 23.3 Å². The van der Waals surface area contributed by atoms with Gasteiger partial charge in [-0.25, -0.2) is 4.39 Å². The Bertz CT molecular complexity index is 203. The van der Waals surface area contributed by atoms with Crippen molar-refractivity contribution in [2.24, 2.45) is 0 Å². The third-order valence-electron chi connectivity index (χ3n) is 1.11. The van der Waals surface area contributed by atoms with Crippen LogP contribution in [0.15, 0.2) is 24.3 Å². The fraction of sp³-hybridized carbons (Fsp3) is 0.143. The monoisotopic (exact) mass is 148 g/mol. The van der Waals surface area contributed by atoms with Gasteiger partial charge in [-0.15, -0.1) is 5.75 Å². The topological polar surface area (TPSA) is 0 Å². The zero-order chi connectivity index (χ0) is 6.69. The van der Waals surface area contributed by atoms with Crippen LogP contribution in [0.2, 0.25) is 0 Å². The van der Waals surface area contributed by atoms with Gasteiger partial charge in [0.2, 0.25) is 0 Å². The van der Waals surface area contributed by atoms with Crippen LogP contribution in [0.3, 0.4) is 0 Å². The van der Waals surface area contributed by atoms with Gasteiger partial charge in [-0.1, -0.05) is 18.2 Å². The van der Waals surface area contributed by atoms with E-state index in [4.69, 9.17) is 0 Å². The van der Waals surface area contributed by atoms with Crippen LogP contribution < -0.4 is 18.9 Å². The molecule has 3 heteroatoms. The number of hydrogen-bond donors (Lipinski definition) is 0. The summed E-state index contributed by atoms with van der Waals surface area (Å²) >= 11 is 4.67. The zero-order valence-corrected chi connectivity index (χ0v) is 6.62. The van der Waals surface area contributed by atoms with Gasteiger partial charge in [0.15, 0.2) is 0 Å². The Morgan fingerprint density at radius 1 is 1.30 bits per heavy atom. The SMILES string of the molecule is Fc1ccccc1C[S-].[Li+]. The first-order chi connectivity index (χ1) is 4.34. The molecule has 48 valence electrons. The van der Waals surface area contributed by atoms with E-state index in [1.54, 1.807) is 18.2 Å². The summed E-state index contributed by atoms with van der Waals surface area (Å²) in [6.07, 6.45) is 0. The van der Waals surface area contributed by atoms with Gasteiger partial charge in [0, 0.05) is 0 Å². The van der Waals surface area contributed by atoms with Crippen LogP contribution >= 0.6 is 0 Å². The Morgan fingerprint density at radius 3 is 2.30 bits per heavy atom. The fourth-order valence-corrected chi connectivity index (χ4v) is 0.850. The van der Waals surface area contributed by atoms with E-state index in [-0.39, 0.29) is 24.7 Å². The average Bonchev–Trinajstić information content (AvgIpc) is 1.89. The third-order valence-corrected chi connectivity index (χ3v) is 1.42. The minimum absolute atomic E-state index is 0. The molecule has 0 fully saturated rings. The molecule has 0 unspecified atom stereocenters. The van der Waals surface area contributed by atoms with E-state index < -0.39 is 0 Å². The van der Waals surface area contributed by atoms with Gasteiger partial charge in [0.05, 0.1) is 0 Å². The van der Waals surface area contributed by atoms with Crippen molar-refractivity contribution in [3.63, 3.8) is 0 Å². The molecule has 0 N–H and O–H groups in total. The minimum atomic E-state index is -0.201. The van der Waals surface area contributed by atoms with Crippen molar-refractivity contribution in [3.05, 3.63) is 35.6 Å². The molecule has 0 atom stereocenters. The Hall–Kier alpha value is 0.0974.